The molecule has 0 spiro atoms. The maximum absolute atomic E-state index is 12.8. The fourth-order valence-electron chi connectivity index (χ4n) is 2.06. The van der Waals surface area contributed by atoms with Crippen LogP contribution in [0.3, 0.4) is 0 Å². The van der Waals surface area contributed by atoms with Crippen LogP contribution in [0.1, 0.15) is 0 Å². The molecule has 1 aromatic carbocycles. The van der Waals surface area contributed by atoms with E-state index in [2.05, 4.69) is 26.8 Å². The van der Waals surface area contributed by atoms with Gasteiger partial charge >= 0.3 is 0 Å². The fraction of sp³-hybridized carbons (Fsp3) is 0. The summed E-state index contributed by atoms with van der Waals surface area (Å²) in [5.41, 5.74) is 8.08. The number of hydrogen-bond donors (Lipinski definition) is 2. The van der Waals surface area contributed by atoms with Gasteiger partial charge in [-0.25, -0.2) is 14.4 Å². The molecule has 0 saturated carbocycles. The van der Waals surface area contributed by atoms with Crippen molar-refractivity contribution in [3.8, 4) is 11.3 Å². The van der Waals surface area contributed by atoms with Crippen molar-refractivity contribution in [2.24, 2.45) is 0 Å². The zero-order valence-electron chi connectivity index (χ0n) is 12.0. The zero-order chi connectivity index (χ0) is 16.4. The van der Waals surface area contributed by atoms with Gasteiger partial charge in [-0.3, -0.25) is 9.78 Å². The van der Waals surface area contributed by atoms with E-state index in [0.29, 0.717) is 16.9 Å². The van der Waals surface area contributed by atoms with E-state index in [1.54, 1.807) is 18.3 Å². The summed E-state index contributed by atoms with van der Waals surface area (Å²) in [5.74, 6) is -1.76. The minimum absolute atomic E-state index is 0.185. The van der Waals surface area contributed by atoms with Gasteiger partial charge < -0.3 is 11.1 Å². The number of pyridine rings is 1. The second-order valence-electron chi connectivity index (χ2n) is 4.79. The highest BCUT2D eigenvalue weighted by molar-refractivity contribution is 6.01. The number of halogens is 1. The maximum Gasteiger partial charge on any atom is 0.283 e. The van der Waals surface area contributed by atoms with Crippen molar-refractivity contribution in [1.29, 1.82) is 0 Å². The van der Waals surface area contributed by atoms with Crippen molar-refractivity contribution in [2.45, 2.75) is 0 Å². The number of fused-ring (bicyclic) bond motifs is 1. The van der Waals surface area contributed by atoms with Gasteiger partial charge in [0, 0.05) is 29.0 Å². The van der Waals surface area contributed by atoms with E-state index in [1.165, 1.54) is 6.20 Å². The lowest BCUT2D eigenvalue weighted by Gasteiger charge is -2.07. The molecular weight excluding hydrogens is 297 g/mol. The lowest BCUT2D eigenvalue weighted by atomic mass is 10.1. The number of nitrogens with two attached hydrogens (primary N) is 1. The summed E-state index contributed by atoms with van der Waals surface area (Å²) in [6, 6.07) is 8.71. The molecule has 6 nitrogen and oxygen atoms in total. The standard InChI is InChI=1S/C16H12FN5O/c1-9(17)15(23)21-12-4-5-19-13(7-12)10-2-3-11-8-20-16(18)22-14(11)6-10/h2-8H,1H2,(H2,18,20,22)(H,19,21,23). The summed E-state index contributed by atoms with van der Waals surface area (Å²) in [6.45, 7) is 2.95. The van der Waals surface area contributed by atoms with Crippen LogP contribution in [0.25, 0.3) is 22.2 Å². The number of benzene rings is 1. The zero-order valence-corrected chi connectivity index (χ0v) is 12.0. The summed E-state index contributed by atoms with van der Waals surface area (Å²) >= 11 is 0. The molecule has 7 heteroatoms. The van der Waals surface area contributed by atoms with E-state index in [4.69, 9.17) is 5.73 Å². The van der Waals surface area contributed by atoms with Crippen LogP contribution in [0.5, 0.6) is 0 Å². The van der Waals surface area contributed by atoms with E-state index in [1.807, 2.05) is 18.2 Å². The van der Waals surface area contributed by atoms with Crippen LogP contribution in [-0.2, 0) is 4.79 Å². The Morgan fingerprint density at radius 1 is 1.22 bits per heavy atom. The Labute approximate surface area is 130 Å². The molecule has 23 heavy (non-hydrogen) atoms. The van der Waals surface area contributed by atoms with Gasteiger partial charge in [-0.05, 0) is 18.2 Å². The highest BCUT2D eigenvalue weighted by Gasteiger charge is 2.08. The monoisotopic (exact) mass is 309 g/mol. The lowest BCUT2D eigenvalue weighted by Crippen LogP contribution is -2.11. The number of anilines is 2. The second kappa shape index (κ2) is 5.80. The molecule has 0 aliphatic heterocycles. The number of carbonyl (C=O) groups excluding carboxylic acids is 1. The normalized spacial score (nSPS) is 10.5. The third kappa shape index (κ3) is 3.13. The van der Waals surface area contributed by atoms with Crippen LogP contribution < -0.4 is 11.1 Å². The van der Waals surface area contributed by atoms with Gasteiger partial charge in [0.05, 0.1) is 11.2 Å². The number of hydrogen-bond acceptors (Lipinski definition) is 5. The highest BCUT2D eigenvalue weighted by Crippen LogP contribution is 2.24. The fourth-order valence-corrected chi connectivity index (χ4v) is 2.06. The average Bonchev–Trinajstić information content (AvgIpc) is 2.54. The summed E-state index contributed by atoms with van der Waals surface area (Å²) in [4.78, 5) is 23.7. The minimum atomic E-state index is -1.05. The molecular formula is C16H12FN5O. The quantitative estimate of drug-likeness (QED) is 0.725. The summed E-state index contributed by atoms with van der Waals surface area (Å²) in [6.07, 6.45) is 3.16. The van der Waals surface area contributed by atoms with Crippen LogP contribution in [0.4, 0.5) is 16.0 Å². The van der Waals surface area contributed by atoms with Gasteiger partial charge in [0.25, 0.3) is 5.91 Å². The van der Waals surface area contributed by atoms with Crippen LogP contribution in [0.2, 0.25) is 0 Å². The molecule has 114 valence electrons. The highest BCUT2D eigenvalue weighted by atomic mass is 19.1. The molecule has 1 amide bonds. The number of amides is 1. The Bertz CT molecular complexity index is 925. The first kappa shape index (κ1) is 14.6. The number of aromatic nitrogens is 3. The molecule has 3 rings (SSSR count). The van der Waals surface area contributed by atoms with Crippen molar-refractivity contribution >= 4 is 28.4 Å². The first-order chi connectivity index (χ1) is 11.0. The maximum atomic E-state index is 12.8. The second-order valence-corrected chi connectivity index (χ2v) is 4.79. The third-order valence-corrected chi connectivity index (χ3v) is 3.16. The lowest BCUT2D eigenvalue weighted by molar-refractivity contribution is -0.114. The number of nitrogens with one attached hydrogen (secondary N) is 1. The predicted octanol–water partition coefficient (Wildman–Crippen LogP) is 2.70. The molecule has 0 aliphatic carbocycles. The third-order valence-electron chi connectivity index (χ3n) is 3.16. The van der Waals surface area contributed by atoms with Crippen LogP contribution in [-0.4, -0.2) is 20.9 Å². The van der Waals surface area contributed by atoms with Gasteiger partial charge in [0.15, 0.2) is 5.83 Å². The SMILES string of the molecule is C=C(F)C(=O)Nc1ccnc(-c2ccc3cnc(N)nc3c2)c1. The molecule has 3 N–H and O–H groups in total. The Morgan fingerprint density at radius 3 is 2.83 bits per heavy atom. The van der Waals surface area contributed by atoms with Crippen LogP contribution in [0.15, 0.2) is 55.1 Å². The van der Waals surface area contributed by atoms with E-state index in [9.17, 15) is 9.18 Å². The number of nitrogen functional groups attached to an aromatic ring is 1. The number of nitrogens with zero attached hydrogens (tertiary/aromatic N) is 3. The van der Waals surface area contributed by atoms with Crippen molar-refractivity contribution in [3.63, 3.8) is 0 Å². The molecule has 0 fully saturated rings. The van der Waals surface area contributed by atoms with Crippen molar-refractivity contribution < 1.29 is 9.18 Å². The number of rotatable bonds is 3. The summed E-state index contributed by atoms with van der Waals surface area (Å²) in [5, 5.41) is 3.25. The largest absolute Gasteiger partial charge is 0.368 e. The number of carbonyl (C=O) groups is 1. The van der Waals surface area contributed by atoms with E-state index in [-0.39, 0.29) is 5.95 Å². The topological polar surface area (TPSA) is 93.8 Å². The molecule has 0 aliphatic rings. The van der Waals surface area contributed by atoms with E-state index in [0.717, 1.165) is 10.9 Å². The van der Waals surface area contributed by atoms with Gasteiger partial charge in [0.1, 0.15) is 0 Å². The summed E-state index contributed by atoms with van der Waals surface area (Å²) in [7, 11) is 0. The summed E-state index contributed by atoms with van der Waals surface area (Å²) < 4.78 is 12.8. The molecule has 0 bridgehead atoms. The molecule has 0 saturated heterocycles. The minimum Gasteiger partial charge on any atom is -0.368 e. The van der Waals surface area contributed by atoms with Crippen molar-refractivity contribution in [1.82, 2.24) is 15.0 Å². The molecule has 2 heterocycles. The molecule has 3 aromatic rings. The predicted molar refractivity (Wildman–Crippen MR) is 86.1 cm³/mol. The first-order valence-electron chi connectivity index (χ1n) is 6.67. The van der Waals surface area contributed by atoms with Gasteiger partial charge in [-0.2, -0.15) is 0 Å². The van der Waals surface area contributed by atoms with E-state index >= 15 is 0 Å². The van der Waals surface area contributed by atoms with Crippen LogP contribution in [0, 0.1) is 0 Å². The van der Waals surface area contributed by atoms with Crippen molar-refractivity contribution in [3.05, 3.63) is 55.1 Å². The van der Waals surface area contributed by atoms with Crippen molar-refractivity contribution in [2.75, 3.05) is 11.1 Å². The smallest absolute Gasteiger partial charge is 0.283 e. The Hall–Kier alpha value is -3.35. The first-order valence-corrected chi connectivity index (χ1v) is 6.67. The van der Waals surface area contributed by atoms with Gasteiger partial charge in [-0.1, -0.05) is 18.7 Å². The molecule has 0 unspecified atom stereocenters. The Morgan fingerprint density at radius 2 is 2.04 bits per heavy atom. The van der Waals surface area contributed by atoms with Gasteiger partial charge in [-0.15, -0.1) is 0 Å². The molecule has 0 radical (unpaired) electrons. The Kier molecular flexibility index (Phi) is 3.68. The van der Waals surface area contributed by atoms with E-state index < -0.39 is 11.7 Å². The van der Waals surface area contributed by atoms with Gasteiger partial charge in [0.2, 0.25) is 5.95 Å². The Balaban J connectivity index is 1.98. The molecule has 2 aromatic heterocycles. The van der Waals surface area contributed by atoms with Crippen LogP contribution >= 0.6 is 0 Å². The average molecular weight is 309 g/mol. The molecule has 0 atom stereocenters.